The molecule has 104 heavy (non-hydrogen) atoms. The number of hydrogen-bond donors (Lipinski definition) is 8. The SMILES string of the molecule is C=C1C=C(O)c2c(Cl)cccc2N1C.CCN(C(=O)C(O)C(=O)N(C)c1cccc(Cl)c1C(=O)O)c1ccccc1.CCNc1ccccc1.CCOC(=O)c1c(O)c2c(Cl)cccc2n(C)c1=O.COC(=O)c1c(O)c2c(Cl)cccc2n(C)c1=O.Cn1c(=O)c(C(=O)O)c(O)c2c(Cl)cccc21. The number of amides is 2. The number of hydrogen-bond acceptors (Lipinski definition) is 18. The van der Waals surface area contributed by atoms with E-state index in [4.69, 9.17) is 67.8 Å². The Bertz CT molecular complexity index is 5170. The van der Waals surface area contributed by atoms with Crippen LogP contribution in [-0.4, -0.2) is 132 Å². The van der Waals surface area contributed by atoms with Gasteiger partial charge in [-0.05, 0) is 106 Å². The molecule has 0 spiro atoms. The summed E-state index contributed by atoms with van der Waals surface area (Å²) < 4.78 is 12.9. The molecule has 10 aromatic rings. The molecule has 2 amide bonds. The van der Waals surface area contributed by atoms with Gasteiger partial charge in [0, 0.05) is 71.5 Å². The highest BCUT2D eigenvalue weighted by Gasteiger charge is 2.34. The number of carboxylic acid groups (broad SMARTS) is 2. The lowest BCUT2D eigenvalue weighted by Gasteiger charge is -2.27. The molecule has 544 valence electrons. The van der Waals surface area contributed by atoms with Crippen LogP contribution in [0.1, 0.15) is 67.8 Å². The number of para-hydroxylation sites is 2. The third-order valence-electron chi connectivity index (χ3n) is 15.6. The first-order valence-corrected chi connectivity index (χ1v) is 32.9. The Morgan fingerprint density at radius 1 is 0.529 bits per heavy atom. The zero-order chi connectivity index (χ0) is 77.3. The molecular formula is C74H70Cl5N7O18. The van der Waals surface area contributed by atoms with Crippen molar-refractivity contribution < 1.29 is 74.0 Å². The maximum Gasteiger partial charge on any atom is 0.347 e. The van der Waals surface area contributed by atoms with Crippen LogP contribution >= 0.6 is 58.0 Å². The summed E-state index contributed by atoms with van der Waals surface area (Å²) in [6.45, 7) is 10.6. The van der Waals surface area contributed by atoms with Gasteiger partial charge in [0.05, 0.1) is 88.5 Å². The number of pyridine rings is 3. The lowest BCUT2D eigenvalue weighted by atomic mass is 10.1. The second-order valence-corrected chi connectivity index (χ2v) is 24.0. The molecule has 4 heterocycles. The van der Waals surface area contributed by atoms with Crippen LogP contribution in [0.2, 0.25) is 25.1 Å². The van der Waals surface area contributed by atoms with E-state index in [1.54, 1.807) is 105 Å². The highest BCUT2D eigenvalue weighted by Crippen LogP contribution is 2.39. The summed E-state index contributed by atoms with van der Waals surface area (Å²) in [5.74, 6) is -7.64. The van der Waals surface area contributed by atoms with Crippen LogP contribution in [0.5, 0.6) is 17.2 Å². The largest absolute Gasteiger partial charge is 0.507 e. The second kappa shape index (κ2) is 36.5. The summed E-state index contributed by atoms with van der Waals surface area (Å²) in [6.07, 6.45) is -0.385. The van der Waals surface area contributed by atoms with Gasteiger partial charge in [-0.3, -0.25) is 24.0 Å². The van der Waals surface area contributed by atoms with Gasteiger partial charge in [0.25, 0.3) is 28.5 Å². The van der Waals surface area contributed by atoms with E-state index in [0.717, 1.165) is 34.5 Å². The maximum atomic E-state index is 12.6. The lowest BCUT2D eigenvalue weighted by Crippen LogP contribution is -2.48. The van der Waals surface area contributed by atoms with E-state index in [2.05, 4.69) is 35.7 Å². The van der Waals surface area contributed by atoms with Gasteiger partial charge in [-0.15, -0.1) is 0 Å². The van der Waals surface area contributed by atoms with Gasteiger partial charge >= 0.3 is 23.9 Å². The summed E-state index contributed by atoms with van der Waals surface area (Å²) in [4.78, 5) is 111. The van der Waals surface area contributed by atoms with Gasteiger partial charge in [0.15, 0.2) is 16.7 Å². The molecule has 11 rings (SSSR count). The van der Waals surface area contributed by atoms with E-state index < -0.39 is 92.4 Å². The van der Waals surface area contributed by atoms with Crippen molar-refractivity contribution in [3.05, 3.63) is 254 Å². The smallest absolute Gasteiger partial charge is 0.347 e. The molecule has 0 fully saturated rings. The molecule has 0 aliphatic carbocycles. The number of aliphatic hydroxyl groups is 2. The fourth-order valence-electron chi connectivity index (χ4n) is 10.4. The van der Waals surface area contributed by atoms with E-state index in [-0.39, 0.29) is 66.4 Å². The van der Waals surface area contributed by atoms with E-state index in [1.165, 1.54) is 72.2 Å². The molecule has 30 heteroatoms. The average Bonchev–Trinajstić information content (AvgIpc) is 0.778. The van der Waals surface area contributed by atoms with Crippen molar-refractivity contribution in [1.29, 1.82) is 0 Å². The van der Waals surface area contributed by atoms with E-state index >= 15 is 0 Å². The van der Waals surface area contributed by atoms with Crippen molar-refractivity contribution in [2.75, 3.05) is 60.9 Å². The Kier molecular flexibility index (Phi) is 28.7. The Morgan fingerprint density at radius 3 is 1.38 bits per heavy atom. The Hall–Kier alpha value is -11.3. The van der Waals surface area contributed by atoms with E-state index in [1.807, 2.05) is 42.3 Å². The number of halogens is 5. The third kappa shape index (κ3) is 18.1. The fourth-order valence-corrected chi connectivity index (χ4v) is 11.7. The highest BCUT2D eigenvalue weighted by molar-refractivity contribution is 6.37. The number of benzene rings is 7. The first kappa shape index (κ1) is 81.6. The predicted octanol–water partition coefficient (Wildman–Crippen LogP) is 13.1. The van der Waals surface area contributed by atoms with Crippen LogP contribution < -0.4 is 36.7 Å². The number of nitrogens with one attached hydrogen (secondary N) is 1. The monoisotopic (exact) mass is 1520 g/mol. The number of carbonyl (C=O) groups is 6. The first-order valence-electron chi connectivity index (χ1n) is 31.0. The number of carboxylic acids is 2. The molecule has 0 saturated carbocycles. The molecule has 1 atom stereocenters. The number of aromatic carboxylic acids is 2. The van der Waals surface area contributed by atoms with E-state index in [0.29, 0.717) is 32.8 Å². The van der Waals surface area contributed by atoms with Gasteiger partial charge < -0.3 is 78.9 Å². The summed E-state index contributed by atoms with van der Waals surface area (Å²) in [5.41, 5.74) is 1.48. The fraction of sp³-hybridized carbons (Fsp3) is 0.176. The molecule has 8 N–H and O–H groups in total. The van der Waals surface area contributed by atoms with Gasteiger partial charge in [-0.2, -0.15) is 0 Å². The van der Waals surface area contributed by atoms with Crippen LogP contribution in [0.4, 0.5) is 22.7 Å². The van der Waals surface area contributed by atoms with Crippen LogP contribution in [0.3, 0.4) is 0 Å². The second-order valence-electron chi connectivity index (χ2n) is 21.9. The van der Waals surface area contributed by atoms with Crippen molar-refractivity contribution in [3.8, 4) is 17.2 Å². The summed E-state index contributed by atoms with van der Waals surface area (Å²) in [6, 6.07) is 43.0. The Morgan fingerprint density at radius 2 is 0.942 bits per heavy atom. The summed E-state index contributed by atoms with van der Waals surface area (Å²) >= 11 is 29.8. The molecule has 25 nitrogen and oxygen atoms in total. The highest BCUT2D eigenvalue weighted by atomic mass is 35.5. The van der Waals surface area contributed by atoms with Crippen LogP contribution in [0, 0.1) is 0 Å². The number of rotatable bonds is 12. The molecule has 0 radical (unpaired) electrons. The van der Waals surface area contributed by atoms with Crippen molar-refractivity contribution in [3.63, 3.8) is 0 Å². The maximum absolute atomic E-state index is 12.6. The van der Waals surface area contributed by atoms with Crippen LogP contribution in [0.25, 0.3) is 38.5 Å². The predicted molar refractivity (Wildman–Crippen MR) is 404 cm³/mol. The molecule has 3 aromatic heterocycles. The first-order chi connectivity index (χ1) is 49.2. The lowest BCUT2D eigenvalue weighted by molar-refractivity contribution is -0.137. The summed E-state index contributed by atoms with van der Waals surface area (Å²) in [5, 5.41) is 73.4. The minimum absolute atomic E-state index is 0.0189. The number of anilines is 4. The average molecular weight is 1520 g/mol. The number of esters is 2. The van der Waals surface area contributed by atoms with Crippen LogP contribution in [0.15, 0.2) is 184 Å². The molecule has 0 bridgehead atoms. The number of aliphatic hydroxyl groups excluding tert-OH is 2. The minimum atomic E-state index is -1.99. The van der Waals surface area contributed by atoms with Gasteiger partial charge in [0.2, 0.25) is 6.10 Å². The number of methoxy groups -OCH3 is 1. The molecule has 1 aliphatic rings. The topological polar surface area (TPSA) is 350 Å². The number of allylic oxidation sites excluding steroid dienone is 1. The summed E-state index contributed by atoms with van der Waals surface area (Å²) in [7, 11) is 8.72. The van der Waals surface area contributed by atoms with Gasteiger partial charge in [-0.1, -0.05) is 131 Å². The number of ether oxygens (including phenoxy) is 2. The number of fused-ring (bicyclic) bond motifs is 4. The number of aromatic nitrogens is 3. The normalized spacial score (nSPS) is 11.4. The third-order valence-corrected chi connectivity index (χ3v) is 17.2. The molecule has 1 unspecified atom stereocenters. The van der Waals surface area contributed by atoms with Gasteiger partial charge in [-0.25, -0.2) is 19.2 Å². The Balaban J connectivity index is 0.000000201. The number of nitrogens with zero attached hydrogens (tertiary/aromatic N) is 6. The zero-order valence-corrected chi connectivity index (χ0v) is 60.9. The standard InChI is InChI=1S/C19H19ClN2O5.C13H12ClNO4.C12H10ClNO4.C11H8ClNO4.C11H10ClNO.C8H11N/c1-3-22(12-8-5-4-6-9-12)18(25)16(23)17(24)21(2)14-11-7-10-13(20)15(14)19(26)27;1-3-19-13(18)10-11(16)9-7(14)5-4-6-8(9)15(2)12(10)17;1-14-7-5-3-4-6(13)8(7)10(15)9(11(14)16)12(17)18-2;1-13-6-4-2-3-5(12)7(6)9(14)8(10(13)15)11(16)17;1-7-6-10(14)11-8(12)4-3-5-9(11)13(7)2;1-2-9-8-6-4-3-5-7-8/h4-11,16,23H,3H2,1-2H3,(H,26,27);4-6,16H,3H2,1-2H3;3-5,15H,1-2H3;2-4,14H,1H3,(H,16,17);3-6,14H,1H2,2H3;3-7,9H,2H2,1H3. The Labute approximate surface area is 619 Å². The molecule has 7 aromatic carbocycles. The quantitative estimate of drug-likeness (QED) is 0.0416. The minimum Gasteiger partial charge on any atom is -0.507 e. The van der Waals surface area contributed by atoms with E-state index in [9.17, 15) is 73.8 Å². The molecule has 0 saturated heterocycles. The number of aromatic hydroxyl groups is 3. The molecular weight excluding hydrogens is 1450 g/mol. The van der Waals surface area contributed by atoms with Gasteiger partial charge in [0.1, 0.15) is 28.6 Å². The number of aryl methyl sites for hydroxylation is 3. The van der Waals surface area contributed by atoms with Crippen molar-refractivity contribution in [1.82, 2.24) is 13.7 Å². The molecule has 1 aliphatic heterocycles. The van der Waals surface area contributed by atoms with Crippen LogP contribution in [-0.2, 0) is 40.2 Å². The van der Waals surface area contributed by atoms with Crippen molar-refractivity contribution in [2.24, 2.45) is 21.1 Å². The number of carbonyl (C=O) groups excluding carboxylic acids is 4. The van der Waals surface area contributed by atoms with Crippen molar-refractivity contribution >= 4 is 155 Å². The number of likely N-dealkylation sites (N-methyl/N-ethyl adjacent to an activating group) is 3. The van der Waals surface area contributed by atoms with Crippen molar-refractivity contribution in [2.45, 2.75) is 26.9 Å². The zero-order valence-electron chi connectivity index (χ0n) is 57.1.